The molecule has 6 heteroatoms. The first-order chi connectivity index (χ1) is 12.9. The van der Waals surface area contributed by atoms with Gasteiger partial charge in [0.25, 0.3) is 0 Å². The predicted molar refractivity (Wildman–Crippen MR) is 135 cm³/mol. The fourth-order valence-corrected chi connectivity index (χ4v) is 0.204. The van der Waals surface area contributed by atoms with Gasteiger partial charge in [0.1, 0.15) is 0 Å². The van der Waals surface area contributed by atoms with Crippen LogP contribution in [-0.2, 0) is 18.7 Å². The molecule has 176 valence electrons. The maximum Gasteiger partial charge on any atom is 0.0725 e. The van der Waals surface area contributed by atoms with Gasteiger partial charge in [-0.05, 0) is 33.3 Å². The Bertz CT molecular complexity index is 113. The van der Waals surface area contributed by atoms with Crippen LogP contribution < -0.4 is 0 Å². The number of methoxy groups -OCH3 is 2. The molecule has 0 saturated carbocycles. The zero-order chi connectivity index (χ0) is 23.8. The summed E-state index contributed by atoms with van der Waals surface area (Å²) in [6, 6.07) is 0. The van der Waals surface area contributed by atoms with Gasteiger partial charge in [0.2, 0.25) is 0 Å². The molecule has 0 N–H and O–H groups in total. The summed E-state index contributed by atoms with van der Waals surface area (Å²) in [5.41, 5.74) is 0. The summed E-state index contributed by atoms with van der Waals surface area (Å²) in [5.74, 6) is 0. The minimum Gasteiger partial charge on any atom is -0.388 e. The van der Waals surface area contributed by atoms with Crippen molar-refractivity contribution in [3.05, 3.63) is 12.2 Å². The minimum absolute atomic E-state index is 0.819. The molecule has 0 heterocycles. The van der Waals surface area contributed by atoms with Crippen molar-refractivity contribution in [1.29, 1.82) is 0 Å². The van der Waals surface area contributed by atoms with E-state index in [1.165, 1.54) is 32.0 Å². The van der Waals surface area contributed by atoms with Crippen molar-refractivity contribution >= 4 is 23.8 Å². The van der Waals surface area contributed by atoms with Gasteiger partial charge in [0.05, 0.1) is 7.11 Å². The van der Waals surface area contributed by atoms with E-state index in [2.05, 4.69) is 46.4 Å². The van der Waals surface area contributed by atoms with E-state index in [9.17, 15) is 0 Å². The highest BCUT2D eigenvalue weighted by molar-refractivity contribution is 7.97. The number of allylic oxidation sites excluding steroid dienone is 2. The second-order valence-corrected chi connectivity index (χ2v) is 5.16. The van der Waals surface area contributed by atoms with Crippen LogP contribution in [0.1, 0.15) is 75.2 Å². The van der Waals surface area contributed by atoms with Gasteiger partial charge in [0.15, 0.2) is 0 Å². The molecule has 4 nitrogen and oxygen atoms in total. The smallest absolute Gasteiger partial charge is 0.0725 e. The Morgan fingerprint density at radius 2 is 0.889 bits per heavy atom. The lowest BCUT2D eigenvalue weighted by Crippen LogP contribution is -1.73. The highest BCUT2D eigenvalue weighted by atomic mass is 32.2. The quantitative estimate of drug-likeness (QED) is 0.192. The molecule has 27 heavy (non-hydrogen) atoms. The van der Waals surface area contributed by atoms with Crippen LogP contribution in [0.3, 0.4) is 0 Å². The third-order valence-corrected chi connectivity index (χ3v) is 1.03. The second kappa shape index (κ2) is 132. The van der Waals surface area contributed by atoms with Crippen LogP contribution in [0.25, 0.3) is 0 Å². The molecule has 0 unspecified atom stereocenters. The fraction of sp³-hybridized carbons (Fsp3) is 0.905. The van der Waals surface area contributed by atoms with Crippen LogP contribution in [0.4, 0.5) is 0 Å². The Kier molecular flexibility index (Phi) is 248. The van der Waals surface area contributed by atoms with Gasteiger partial charge >= 0.3 is 0 Å². The molecule has 0 aliphatic carbocycles. The van der Waals surface area contributed by atoms with E-state index in [0.717, 1.165) is 6.61 Å². The summed E-state index contributed by atoms with van der Waals surface area (Å²) < 4.78 is 13.0. The second-order valence-electron chi connectivity index (χ2n) is 3.88. The SMILES string of the molecule is CC.CC=CC.CCC.CCC.CCOC.COC.COOSC.CSC. The first-order valence-corrected chi connectivity index (χ1v) is 12.3. The van der Waals surface area contributed by atoms with Crippen molar-refractivity contribution in [2.45, 2.75) is 75.2 Å². The zero-order valence-electron chi connectivity index (χ0n) is 21.7. The number of hydrogen-bond acceptors (Lipinski definition) is 6. The zero-order valence-corrected chi connectivity index (χ0v) is 23.4. The van der Waals surface area contributed by atoms with Gasteiger partial charge in [-0.2, -0.15) is 16.1 Å². The monoisotopic (exact) mass is 436 g/mol. The molecule has 0 saturated heterocycles. The van der Waals surface area contributed by atoms with Crippen LogP contribution in [0.2, 0.25) is 0 Å². The predicted octanol–water partition coefficient (Wildman–Crippen LogP) is 8.18. The Hall–Kier alpha value is 0.280. The van der Waals surface area contributed by atoms with Gasteiger partial charge in [-0.3, -0.25) is 0 Å². The van der Waals surface area contributed by atoms with E-state index in [-0.39, 0.29) is 0 Å². The van der Waals surface area contributed by atoms with Gasteiger partial charge in [-0.1, -0.05) is 66.5 Å². The first kappa shape index (κ1) is 50.7. The molecule has 0 fully saturated rings. The van der Waals surface area contributed by atoms with Crippen LogP contribution in [0.15, 0.2) is 12.2 Å². The van der Waals surface area contributed by atoms with Crippen molar-refractivity contribution in [3.63, 3.8) is 0 Å². The van der Waals surface area contributed by atoms with Crippen molar-refractivity contribution in [2.75, 3.05) is 53.8 Å². The van der Waals surface area contributed by atoms with Gasteiger partial charge < -0.3 is 9.47 Å². The maximum atomic E-state index is 4.54. The van der Waals surface area contributed by atoms with Gasteiger partial charge in [-0.15, -0.1) is 0 Å². The number of thioether (sulfide) groups is 1. The lowest BCUT2D eigenvalue weighted by molar-refractivity contribution is -0.159. The summed E-state index contributed by atoms with van der Waals surface area (Å²) in [6.45, 7) is 19.3. The van der Waals surface area contributed by atoms with Crippen LogP contribution in [-0.4, -0.2) is 53.8 Å². The number of rotatable bonds is 3. The highest BCUT2D eigenvalue weighted by Gasteiger charge is 1.65. The molecule has 0 aliphatic rings. The molecule has 0 bridgehead atoms. The Labute approximate surface area is 183 Å². The normalized spacial score (nSPS) is 6.96. The number of hydrogen-bond donors (Lipinski definition) is 0. The molecule has 0 aromatic rings. The van der Waals surface area contributed by atoms with Crippen molar-refractivity contribution in [2.24, 2.45) is 0 Å². The van der Waals surface area contributed by atoms with E-state index in [1.807, 2.05) is 59.3 Å². The van der Waals surface area contributed by atoms with E-state index < -0.39 is 0 Å². The Balaban J connectivity index is -0.0000000258. The van der Waals surface area contributed by atoms with Crippen LogP contribution >= 0.6 is 23.8 Å². The van der Waals surface area contributed by atoms with E-state index >= 15 is 0 Å². The molecular formula is C21H56O4S2. The Morgan fingerprint density at radius 3 is 0.889 bits per heavy atom. The van der Waals surface area contributed by atoms with Crippen molar-refractivity contribution < 1.29 is 18.7 Å². The fourth-order valence-electron chi connectivity index (χ4n) is 0.0680. The average molecular weight is 437 g/mol. The van der Waals surface area contributed by atoms with E-state index in [0.29, 0.717) is 0 Å². The number of ether oxygens (including phenoxy) is 2. The molecular weight excluding hydrogens is 380 g/mol. The highest BCUT2D eigenvalue weighted by Crippen LogP contribution is 1.90. The van der Waals surface area contributed by atoms with Gasteiger partial charge in [0, 0.05) is 46.2 Å². The third kappa shape index (κ3) is 846. The standard InChI is InChI=1S/C4H8.C3H8O.2C3H8.C2H6O2S.C2H6O.C2H6S.C2H6/c2*1-3-4-2;2*1-3-2;1-3-4-5-2;2*1-3-2;1-2/h3-4H,1-2H3;3H2,1-2H3;2*3H2,1-2H3;1-2H3;2*1-2H3;1-2H3. The van der Waals surface area contributed by atoms with E-state index in [4.69, 9.17) is 0 Å². The Morgan fingerprint density at radius 1 is 0.704 bits per heavy atom. The summed E-state index contributed by atoms with van der Waals surface area (Å²) in [5, 5.41) is 0. The first-order valence-electron chi connectivity index (χ1n) is 9.50. The van der Waals surface area contributed by atoms with Crippen LogP contribution in [0, 0.1) is 0 Å². The van der Waals surface area contributed by atoms with Crippen molar-refractivity contribution in [3.8, 4) is 0 Å². The molecule has 0 aromatic heterocycles. The third-order valence-electron chi connectivity index (χ3n) is 0.758. The largest absolute Gasteiger partial charge is 0.388 e. The lowest BCUT2D eigenvalue weighted by atomic mass is 10.6. The lowest BCUT2D eigenvalue weighted by Gasteiger charge is -1.84. The van der Waals surface area contributed by atoms with Crippen molar-refractivity contribution in [1.82, 2.24) is 0 Å². The molecule has 0 atom stereocenters. The molecule has 0 amide bonds. The summed E-state index contributed by atoms with van der Waals surface area (Å²) in [6.07, 6.45) is 12.4. The molecule has 0 rings (SSSR count). The summed E-state index contributed by atoms with van der Waals surface area (Å²) >= 11 is 2.93. The minimum atomic E-state index is 0.819. The maximum absolute atomic E-state index is 4.54. The topological polar surface area (TPSA) is 36.9 Å². The summed E-state index contributed by atoms with van der Waals surface area (Å²) in [7, 11) is 6.40. The molecule has 0 radical (unpaired) electrons. The molecule has 0 spiro atoms. The average Bonchev–Trinajstić information content (AvgIpc) is 2.67. The van der Waals surface area contributed by atoms with Gasteiger partial charge in [-0.25, -0.2) is 4.89 Å². The summed E-state index contributed by atoms with van der Waals surface area (Å²) in [4.78, 5) is 4.15. The molecule has 0 aromatic carbocycles. The molecule has 0 aliphatic heterocycles. The van der Waals surface area contributed by atoms with E-state index in [1.54, 1.807) is 39.3 Å². The van der Waals surface area contributed by atoms with Crippen LogP contribution in [0.5, 0.6) is 0 Å².